The maximum Gasteiger partial charge on any atom is 0.426 e. The molecule has 1 aliphatic carbocycles. The quantitative estimate of drug-likeness (QED) is 0.0589. The number of likely N-dealkylation sites (N-methyl/N-ethyl adjacent to an activating group) is 1. The van der Waals surface area contributed by atoms with Gasteiger partial charge in [-0.05, 0) is 135 Å². The summed E-state index contributed by atoms with van der Waals surface area (Å²) >= 11 is 0. The molecule has 7 N–H and O–H groups in total. The van der Waals surface area contributed by atoms with Crippen molar-refractivity contribution in [2.45, 2.75) is 243 Å². The fourth-order valence-electron chi connectivity index (χ4n) is 9.77. The molecule has 1 aromatic carbocycles. The molecular weight excluding hydrogens is 1070 g/mol. The van der Waals surface area contributed by atoms with Crippen molar-refractivity contribution in [2.75, 3.05) is 26.8 Å². The molecule has 460 valence electrons. The number of hydrazine groups is 1. The topological polar surface area (TPSA) is 331 Å². The molecule has 1 aromatic rings. The number of ether oxygens (including phenoxy) is 10. The summed E-state index contributed by atoms with van der Waals surface area (Å²) in [6.45, 7) is 22.5. The molecule has 3 saturated heterocycles. The Balaban J connectivity index is 1.54. The van der Waals surface area contributed by atoms with Crippen LogP contribution >= 0.6 is 0 Å². The molecule has 0 aromatic heterocycles. The first kappa shape index (κ1) is 66.4. The number of amides is 6. The molecule has 1 saturated carbocycles. The van der Waals surface area contributed by atoms with Gasteiger partial charge in [-0.15, -0.1) is 0 Å². The van der Waals surface area contributed by atoms with E-state index in [1.54, 1.807) is 106 Å². The van der Waals surface area contributed by atoms with Gasteiger partial charge in [0.1, 0.15) is 53.4 Å². The molecule has 0 bridgehead atoms. The summed E-state index contributed by atoms with van der Waals surface area (Å²) in [6.07, 6.45) is -16.9. The number of carboxylic acid groups (broad SMARTS) is 1. The second kappa shape index (κ2) is 26.9. The number of carbonyl (C=O) groups excluding carboxylic acids is 5. The lowest BCUT2D eigenvalue weighted by atomic mass is 9.82. The molecule has 0 spiro atoms. The Kier molecular flexibility index (Phi) is 22.1. The molecule has 0 unspecified atom stereocenters. The van der Waals surface area contributed by atoms with Crippen LogP contribution in [-0.2, 0) is 63.6 Å². The zero-order valence-electron chi connectivity index (χ0n) is 49.3. The molecule has 27 nitrogen and oxygen atoms in total. The Hall–Kier alpha value is -5.36. The third-order valence-corrected chi connectivity index (χ3v) is 13.2. The van der Waals surface area contributed by atoms with E-state index in [0.717, 1.165) is 9.96 Å². The van der Waals surface area contributed by atoms with Crippen LogP contribution in [0.25, 0.3) is 0 Å². The molecule has 81 heavy (non-hydrogen) atoms. The van der Waals surface area contributed by atoms with Gasteiger partial charge in [0.25, 0.3) is 0 Å². The van der Waals surface area contributed by atoms with Crippen molar-refractivity contribution in [1.29, 1.82) is 0 Å². The van der Waals surface area contributed by atoms with E-state index in [-0.39, 0.29) is 32.1 Å². The number of nitrogens with zero attached hydrogens (tertiary/aromatic N) is 3. The summed E-state index contributed by atoms with van der Waals surface area (Å²) in [6, 6.07) is 2.70. The number of alkyl carbamates (subject to hydrolysis) is 2. The summed E-state index contributed by atoms with van der Waals surface area (Å²) < 4.78 is 59.4. The Morgan fingerprint density at radius 3 is 1.93 bits per heavy atom. The van der Waals surface area contributed by atoms with E-state index in [2.05, 4.69) is 16.1 Å². The van der Waals surface area contributed by atoms with Gasteiger partial charge in [0.2, 0.25) is 6.41 Å². The predicted octanol–water partition coefficient (Wildman–Crippen LogP) is 4.81. The molecule has 13 atom stereocenters. The zero-order chi connectivity index (χ0) is 60.6. The van der Waals surface area contributed by atoms with Crippen molar-refractivity contribution in [3.8, 4) is 0 Å². The van der Waals surface area contributed by atoms with Crippen molar-refractivity contribution in [3.63, 3.8) is 0 Å². The van der Waals surface area contributed by atoms with Crippen molar-refractivity contribution in [3.05, 3.63) is 35.9 Å². The number of hydroxylamine groups is 2. The third-order valence-electron chi connectivity index (χ3n) is 13.2. The fraction of sp³-hybridized carbons (Fsp3) is 0.778. The third kappa shape index (κ3) is 20.2. The van der Waals surface area contributed by atoms with Crippen molar-refractivity contribution in [1.82, 2.24) is 31.0 Å². The van der Waals surface area contributed by atoms with E-state index in [1.807, 2.05) is 13.8 Å². The molecule has 3 heterocycles. The highest BCUT2D eigenvalue weighted by atomic mass is 16.7. The first-order valence-corrected chi connectivity index (χ1v) is 27.2. The Labute approximate surface area is 473 Å². The second-order valence-electron chi connectivity index (χ2n) is 25.1. The van der Waals surface area contributed by atoms with Gasteiger partial charge in [0, 0.05) is 7.05 Å². The van der Waals surface area contributed by atoms with Gasteiger partial charge in [0.05, 0.1) is 61.7 Å². The van der Waals surface area contributed by atoms with Gasteiger partial charge in [-0.1, -0.05) is 30.3 Å². The highest BCUT2D eigenvalue weighted by Crippen LogP contribution is 2.37. The SMILES string of the molecule is CN(C(=O)OC(C)(C)C)[C@@H]1[C@@H](O)[C@@H](O[C@@H]2[C@@H](O)[C@H](O[C@H]3O[C@H](CN(C=O)OC(C)(C)CC[C@@H]4COC(C)(C)O4)CC[C@H]3NC(=O)OC(C)(C)C)[C@@H](NC(=O)OC(C)(C)C)C[C@H]2N(NC(=O)OCc2ccccc2)C(=O)O)OC[C@]1(C)O. The van der Waals surface area contributed by atoms with Crippen LogP contribution in [0, 0.1) is 0 Å². The minimum Gasteiger partial charge on any atom is -0.464 e. The number of aliphatic hydroxyl groups is 3. The highest BCUT2D eigenvalue weighted by molar-refractivity contribution is 5.73. The number of hydrogen-bond acceptors (Lipinski definition) is 20. The number of carbonyl (C=O) groups is 6. The maximum atomic E-state index is 13.8. The number of nitrogens with one attached hydrogen (secondary N) is 3. The summed E-state index contributed by atoms with van der Waals surface area (Å²) in [5.74, 6) is -0.734. The largest absolute Gasteiger partial charge is 0.464 e. The number of rotatable bonds is 18. The molecule has 0 radical (unpaired) electrons. The van der Waals surface area contributed by atoms with E-state index in [1.165, 1.54) is 14.0 Å². The van der Waals surface area contributed by atoms with Gasteiger partial charge >= 0.3 is 30.5 Å². The van der Waals surface area contributed by atoms with Crippen molar-refractivity contribution >= 4 is 36.9 Å². The Morgan fingerprint density at radius 1 is 0.778 bits per heavy atom. The first-order chi connectivity index (χ1) is 37.3. The monoisotopic (exact) mass is 1160 g/mol. The summed E-state index contributed by atoms with van der Waals surface area (Å²) in [4.78, 5) is 87.6. The molecule has 5 rings (SSSR count). The molecular formula is C54H88N6O21. The van der Waals surface area contributed by atoms with E-state index in [0.29, 0.717) is 36.4 Å². The van der Waals surface area contributed by atoms with Crippen LogP contribution in [0.3, 0.4) is 0 Å². The van der Waals surface area contributed by atoms with Crippen LogP contribution in [0.1, 0.15) is 135 Å². The standard InChI is InChI=1S/C54H88N6O21/c1-49(2,3)78-44(64)55-34-22-21-32(26-59(30-61)81-52(10,11)24-23-33-28-73-53(12,13)77-33)74-42(34)75-39-35(56-45(65)79-50(4,5)6)25-36(60(47(67)68)57-46(66)71-27-31-19-17-16-18-20-31)40(37(39)62)76-43-38(63)41(54(14,70)29-72-43)58(15)48(69)80-51(7,8)9/h16-20,30,32-43,62-63,70H,21-29H2,1-15H3,(H,55,64)(H,56,65)(H,57,66)(H,67,68)/t32-,33+,34+,35-,36+,37-,38+,39+,40-,41+,42+,43+,54-/m0/s1. The minimum absolute atomic E-state index is 0.116. The zero-order valence-corrected chi connectivity index (χ0v) is 49.3. The van der Waals surface area contributed by atoms with Crippen LogP contribution in [0.15, 0.2) is 30.3 Å². The molecule has 6 amide bonds. The molecule has 4 fully saturated rings. The molecule has 3 aliphatic heterocycles. The van der Waals surface area contributed by atoms with Gasteiger partial charge in [-0.25, -0.2) is 39.5 Å². The highest BCUT2D eigenvalue weighted by Gasteiger charge is 2.57. The number of hydrogen-bond donors (Lipinski definition) is 7. The van der Waals surface area contributed by atoms with Gasteiger partial charge < -0.3 is 83.3 Å². The average molecular weight is 1160 g/mol. The Morgan fingerprint density at radius 2 is 1.37 bits per heavy atom. The smallest absolute Gasteiger partial charge is 0.426 e. The summed E-state index contributed by atoms with van der Waals surface area (Å²) in [5.41, 5.74) is -3.14. The number of benzene rings is 1. The van der Waals surface area contributed by atoms with Crippen molar-refractivity contribution in [2.24, 2.45) is 0 Å². The van der Waals surface area contributed by atoms with Gasteiger partial charge in [-0.3, -0.25) is 9.63 Å². The van der Waals surface area contributed by atoms with Gasteiger partial charge in [-0.2, -0.15) is 0 Å². The van der Waals surface area contributed by atoms with Crippen molar-refractivity contribution < 1.29 is 101 Å². The van der Waals surface area contributed by atoms with Crippen LogP contribution in [0.4, 0.5) is 24.0 Å². The second-order valence-corrected chi connectivity index (χ2v) is 25.1. The fourth-order valence-corrected chi connectivity index (χ4v) is 9.77. The van der Waals surface area contributed by atoms with Gasteiger partial charge in [0.15, 0.2) is 18.4 Å². The van der Waals surface area contributed by atoms with Crippen LogP contribution < -0.4 is 16.1 Å². The maximum absolute atomic E-state index is 13.8. The van der Waals surface area contributed by atoms with E-state index >= 15 is 0 Å². The lowest BCUT2D eigenvalue weighted by Crippen LogP contribution is -2.72. The summed E-state index contributed by atoms with van der Waals surface area (Å²) in [5, 5.41) is 54.3. The summed E-state index contributed by atoms with van der Waals surface area (Å²) in [7, 11) is 1.27. The van der Waals surface area contributed by atoms with Crippen LogP contribution in [0.5, 0.6) is 0 Å². The predicted molar refractivity (Wildman–Crippen MR) is 284 cm³/mol. The van der Waals surface area contributed by atoms with E-state index < -0.39 is 145 Å². The minimum atomic E-state index is -2.12. The lowest BCUT2D eigenvalue weighted by Gasteiger charge is -2.51. The van der Waals surface area contributed by atoms with E-state index in [4.69, 9.17) is 52.2 Å². The lowest BCUT2D eigenvalue weighted by molar-refractivity contribution is -0.320. The molecule has 4 aliphatic rings. The molecule has 27 heteroatoms. The van der Waals surface area contributed by atoms with Crippen LogP contribution in [0.2, 0.25) is 0 Å². The number of aliphatic hydroxyl groups excluding tert-OH is 2. The normalized spacial score (nSPS) is 29.8. The van der Waals surface area contributed by atoms with Crippen LogP contribution in [-0.4, -0.2) is 206 Å². The average Bonchev–Trinajstić information content (AvgIpc) is 3.82. The first-order valence-electron chi connectivity index (χ1n) is 27.2. The van der Waals surface area contributed by atoms with E-state index in [9.17, 15) is 49.2 Å². The Bertz CT molecular complexity index is 2270.